The van der Waals surface area contributed by atoms with Gasteiger partial charge in [0.1, 0.15) is 11.9 Å². The van der Waals surface area contributed by atoms with Crippen LogP contribution in [0.2, 0.25) is 0 Å². The number of carbonyl (C=O) groups is 3. The third kappa shape index (κ3) is 3.11. The fraction of sp³-hybridized carbons (Fsp3) is 0.526. The Hall–Kier alpha value is -2.28. The maximum absolute atomic E-state index is 14.6. The quantitative estimate of drug-likeness (QED) is 0.831. The van der Waals surface area contributed by atoms with Crippen molar-refractivity contribution in [1.29, 1.82) is 0 Å². The van der Waals surface area contributed by atoms with Gasteiger partial charge >= 0.3 is 0 Å². The molecule has 1 N–H and O–H groups in total. The third-order valence-corrected chi connectivity index (χ3v) is 5.38. The van der Waals surface area contributed by atoms with Crippen molar-refractivity contribution >= 4 is 17.7 Å². The number of halogens is 1. The second-order valence-electron chi connectivity index (χ2n) is 7.14. The molecule has 138 valence electrons. The summed E-state index contributed by atoms with van der Waals surface area (Å²) >= 11 is 0. The van der Waals surface area contributed by atoms with E-state index in [-0.39, 0.29) is 31.2 Å². The molecule has 3 aliphatic heterocycles. The van der Waals surface area contributed by atoms with Crippen molar-refractivity contribution in [3.63, 3.8) is 0 Å². The van der Waals surface area contributed by atoms with E-state index in [9.17, 15) is 18.8 Å². The molecule has 0 saturated carbocycles. The summed E-state index contributed by atoms with van der Waals surface area (Å²) in [6.45, 7) is 2.25. The first kappa shape index (κ1) is 15.9. The monoisotopic (exact) mass is 360 g/mol. The Balaban J connectivity index is 1.51. The number of rotatable bonds is 3. The molecule has 0 aromatic heterocycles. The minimum absolute atomic E-state index is 0.0363. The molecule has 3 heterocycles. The van der Waals surface area contributed by atoms with Gasteiger partial charge in [-0.25, -0.2) is 4.39 Å². The molecule has 2 saturated heterocycles. The molecule has 26 heavy (non-hydrogen) atoms. The molecule has 1 aromatic carbocycles. The first-order chi connectivity index (χ1) is 12.9. The standard InChI is InChI=1S/C19H22FN3O3/c20-15-9-14-12(8-13(15)10-22-6-2-1-3-7-22)11-23(19(14)26)16-4-5-17(24)21-18(16)25/h8-9,16H,1-7,10-11H2,(H,21,24,25)/i1D. The van der Waals surface area contributed by atoms with Crippen molar-refractivity contribution in [2.75, 3.05) is 13.1 Å². The number of amides is 3. The van der Waals surface area contributed by atoms with Crippen LogP contribution >= 0.6 is 0 Å². The minimum Gasteiger partial charge on any atom is -0.322 e. The molecule has 7 heteroatoms. The van der Waals surface area contributed by atoms with E-state index in [1.807, 2.05) is 0 Å². The normalized spacial score (nSPS) is 25.3. The Labute approximate surface area is 152 Å². The summed E-state index contributed by atoms with van der Waals surface area (Å²) in [6, 6.07) is 2.31. The summed E-state index contributed by atoms with van der Waals surface area (Å²) in [5, 5.41) is 2.27. The highest BCUT2D eigenvalue weighted by Crippen LogP contribution is 2.30. The van der Waals surface area contributed by atoms with E-state index < -0.39 is 17.8 Å². The summed E-state index contributed by atoms with van der Waals surface area (Å²) < 4.78 is 22.3. The molecule has 2 fully saturated rings. The number of piperidine rings is 2. The van der Waals surface area contributed by atoms with E-state index in [1.165, 1.54) is 11.0 Å². The average molecular weight is 360 g/mol. The van der Waals surface area contributed by atoms with Crippen molar-refractivity contribution in [3.8, 4) is 0 Å². The van der Waals surface area contributed by atoms with Crippen LogP contribution in [0.4, 0.5) is 4.39 Å². The molecule has 3 amide bonds. The predicted octanol–water partition coefficient (Wildman–Crippen LogP) is 1.57. The van der Waals surface area contributed by atoms with Crippen LogP contribution in [0.5, 0.6) is 0 Å². The zero-order valence-corrected chi connectivity index (χ0v) is 14.5. The highest BCUT2D eigenvalue weighted by atomic mass is 19.1. The van der Waals surface area contributed by atoms with Gasteiger partial charge in [-0.05, 0) is 50.0 Å². The summed E-state index contributed by atoms with van der Waals surface area (Å²) in [4.78, 5) is 39.7. The topological polar surface area (TPSA) is 69.7 Å². The number of nitrogens with one attached hydrogen (secondary N) is 1. The molecule has 0 radical (unpaired) electrons. The maximum Gasteiger partial charge on any atom is 0.255 e. The van der Waals surface area contributed by atoms with E-state index in [4.69, 9.17) is 1.37 Å². The molecule has 0 bridgehead atoms. The molecule has 3 aliphatic rings. The molecular formula is C19H22FN3O3. The lowest BCUT2D eigenvalue weighted by Crippen LogP contribution is -2.52. The largest absolute Gasteiger partial charge is 0.322 e. The summed E-state index contributed by atoms with van der Waals surface area (Å²) in [6.07, 6.45) is 2.03. The van der Waals surface area contributed by atoms with Gasteiger partial charge in [0.2, 0.25) is 11.8 Å². The smallest absolute Gasteiger partial charge is 0.255 e. The number of hydrogen-bond acceptors (Lipinski definition) is 4. The van der Waals surface area contributed by atoms with Gasteiger partial charge in [0.25, 0.3) is 5.91 Å². The van der Waals surface area contributed by atoms with Gasteiger partial charge in [0.15, 0.2) is 0 Å². The Morgan fingerprint density at radius 2 is 2.00 bits per heavy atom. The van der Waals surface area contributed by atoms with E-state index in [2.05, 4.69) is 10.2 Å². The van der Waals surface area contributed by atoms with Crippen LogP contribution in [0.3, 0.4) is 0 Å². The molecule has 6 nitrogen and oxygen atoms in total. The second-order valence-corrected chi connectivity index (χ2v) is 7.14. The van der Waals surface area contributed by atoms with Gasteiger partial charge in [-0.3, -0.25) is 24.6 Å². The SMILES string of the molecule is [2H]C1CCN(Cc2cc3c(cc2F)C(=O)N(C2CCC(=O)NC2=O)C3)CC1. The Bertz CT molecular complexity index is 808. The number of carbonyl (C=O) groups excluding carboxylic acids is 3. The van der Waals surface area contributed by atoms with Gasteiger partial charge in [0.05, 0.1) is 0 Å². The van der Waals surface area contributed by atoms with Crippen molar-refractivity contribution in [1.82, 2.24) is 15.1 Å². The van der Waals surface area contributed by atoms with Gasteiger partial charge in [-0.1, -0.05) is 6.40 Å². The van der Waals surface area contributed by atoms with Crippen LogP contribution in [0.15, 0.2) is 12.1 Å². The van der Waals surface area contributed by atoms with Crippen LogP contribution in [0.25, 0.3) is 0 Å². The zero-order chi connectivity index (χ0) is 19.1. The third-order valence-electron chi connectivity index (χ3n) is 5.38. The maximum atomic E-state index is 14.6. The van der Waals surface area contributed by atoms with Crippen molar-refractivity contribution in [2.24, 2.45) is 0 Å². The van der Waals surface area contributed by atoms with E-state index in [1.54, 1.807) is 6.07 Å². The number of likely N-dealkylation sites (tertiary alicyclic amines) is 1. The molecule has 1 aromatic rings. The van der Waals surface area contributed by atoms with Gasteiger partial charge in [-0.2, -0.15) is 0 Å². The zero-order valence-electron chi connectivity index (χ0n) is 15.5. The number of nitrogens with zero attached hydrogens (tertiary/aromatic N) is 2. The van der Waals surface area contributed by atoms with E-state index >= 15 is 0 Å². The van der Waals surface area contributed by atoms with Crippen molar-refractivity contribution in [2.45, 2.75) is 51.2 Å². The summed E-state index contributed by atoms with van der Waals surface area (Å²) in [5.74, 6) is -1.57. The first-order valence-corrected chi connectivity index (χ1v) is 9.03. The number of imide groups is 1. The number of benzene rings is 1. The molecule has 4 rings (SSSR count). The van der Waals surface area contributed by atoms with Crippen LogP contribution in [0, 0.1) is 5.82 Å². The highest BCUT2D eigenvalue weighted by Gasteiger charge is 2.39. The van der Waals surface area contributed by atoms with Crippen LogP contribution in [-0.4, -0.2) is 46.7 Å². The Morgan fingerprint density at radius 1 is 1.23 bits per heavy atom. The van der Waals surface area contributed by atoms with Crippen LogP contribution < -0.4 is 5.32 Å². The fourth-order valence-corrected chi connectivity index (χ4v) is 3.96. The van der Waals surface area contributed by atoms with Crippen molar-refractivity contribution in [3.05, 3.63) is 34.6 Å². The lowest BCUT2D eigenvalue weighted by Gasteiger charge is -2.29. The molecule has 0 aliphatic carbocycles. The minimum atomic E-state index is -0.690. The lowest BCUT2D eigenvalue weighted by atomic mass is 10.0. The van der Waals surface area contributed by atoms with E-state index in [0.717, 1.165) is 31.5 Å². The Kier molecular flexibility index (Phi) is 4.16. The lowest BCUT2D eigenvalue weighted by molar-refractivity contribution is -0.136. The highest BCUT2D eigenvalue weighted by molar-refractivity contribution is 6.05. The number of hydrogen-bond donors (Lipinski definition) is 1. The number of fused-ring (bicyclic) bond motifs is 1. The fourth-order valence-electron chi connectivity index (χ4n) is 3.96. The van der Waals surface area contributed by atoms with E-state index in [0.29, 0.717) is 24.1 Å². The Morgan fingerprint density at radius 3 is 2.73 bits per heavy atom. The molecule has 0 spiro atoms. The van der Waals surface area contributed by atoms with Gasteiger partial charge < -0.3 is 4.90 Å². The summed E-state index contributed by atoms with van der Waals surface area (Å²) in [7, 11) is 0. The van der Waals surface area contributed by atoms with Gasteiger partial charge in [-0.15, -0.1) is 0 Å². The molecular weight excluding hydrogens is 337 g/mol. The van der Waals surface area contributed by atoms with Crippen LogP contribution in [0.1, 0.15) is 54.9 Å². The molecule has 1 atom stereocenters. The predicted molar refractivity (Wildman–Crippen MR) is 91.6 cm³/mol. The summed E-state index contributed by atoms with van der Waals surface area (Å²) in [5.41, 5.74) is 1.55. The molecule has 1 unspecified atom stereocenters. The second kappa shape index (κ2) is 6.79. The first-order valence-electron chi connectivity index (χ1n) is 9.60. The van der Waals surface area contributed by atoms with Gasteiger partial charge in [0, 0.05) is 32.0 Å². The van der Waals surface area contributed by atoms with Crippen molar-refractivity contribution < 1.29 is 20.1 Å². The average Bonchev–Trinajstić information content (AvgIpc) is 2.93. The van der Waals surface area contributed by atoms with Crippen LogP contribution in [-0.2, 0) is 22.7 Å².